The smallest absolute Gasteiger partial charge is 0.262 e. The molecular weight excluding hydrogens is 466 g/mol. The molecule has 3 aromatic rings. The molecule has 2 N–H and O–H groups in total. The average molecular weight is 494 g/mol. The molecule has 35 heavy (non-hydrogen) atoms. The van der Waals surface area contributed by atoms with Gasteiger partial charge < -0.3 is 19.7 Å². The number of carbonyl (C=O) groups excluding carboxylic acids is 1. The molecular formula is C26H27N3O5S. The van der Waals surface area contributed by atoms with E-state index < -0.39 is 10.0 Å². The Morgan fingerprint density at radius 1 is 0.857 bits per heavy atom. The van der Waals surface area contributed by atoms with Crippen LogP contribution in [0.3, 0.4) is 0 Å². The third-order valence-corrected chi connectivity index (χ3v) is 7.50. The Kier molecular flexibility index (Phi) is 6.25. The second-order valence-electron chi connectivity index (χ2n) is 8.64. The molecule has 1 fully saturated rings. The number of ether oxygens (including phenoxy) is 2. The number of amides is 1. The maximum atomic E-state index is 12.8. The Morgan fingerprint density at radius 2 is 1.54 bits per heavy atom. The number of aryl methyl sites for hydroxylation is 1. The number of sulfonamides is 1. The van der Waals surface area contributed by atoms with Crippen LogP contribution in [-0.4, -0.2) is 40.6 Å². The van der Waals surface area contributed by atoms with Crippen LogP contribution in [0.1, 0.15) is 28.8 Å². The van der Waals surface area contributed by atoms with E-state index in [1.165, 1.54) is 30.7 Å². The Morgan fingerprint density at radius 3 is 2.26 bits per heavy atom. The normalized spacial score (nSPS) is 15.1. The Bertz CT molecular complexity index is 1350. The minimum absolute atomic E-state index is 0.0660. The van der Waals surface area contributed by atoms with E-state index in [2.05, 4.69) is 14.9 Å². The van der Waals surface area contributed by atoms with Gasteiger partial charge in [0, 0.05) is 41.8 Å². The molecule has 0 aliphatic carbocycles. The first-order valence-electron chi connectivity index (χ1n) is 11.6. The molecule has 2 heterocycles. The lowest BCUT2D eigenvalue weighted by atomic mass is 10.1. The fourth-order valence-electron chi connectivity index (χ4n) is 4.34. The van der Waals surface area contributed by atoms with Gasteiger partial charge in [0.15, 0.2) is 11.5 Å². The molecule has 1 saturated heterocycles. The maximum Gasteiger partial charge on any atom is 0.262 e. The lowest BCUT2D eigenvalue weighted by Gasteiger charge is -2.20. The van der Waals surface area contributed by atoms with E-state index in [4.69, 9.17) is 9.47 Å². The van der Waals surface area contributed by atoms with Gasteiger partial charge in [-0.25, -0.2) is 8.42 Å². The molecule has 2 aliphatic heterocycles. The van der Waals surface area contributed by atoms with Crippen molar-refractivity contribution < 1.29 is 22.7 Å². The minimum atomic E-state index is -3.83. The number of nitrogens with one attached hydrogen (secondary N) is 2. The fraction of sp³-hybridized carbons (Fsp3) is 0.269. The zero-order valence-electron chi connectivity index (χ0n) is 19.4. The van der Waals surface area contributed by atoms with Gasteiger partial charge in [0.1, 0.15) is 13.2 Å². The van der Waals surface area contributed by atoms with Crippen LogP contribution in [-0.2, 0) is 10.0 Å². The molecule has 0 unspecified atom stereocenters. The standard InChI is InChI=1S/C26H27N3O5S/c1-18-16-21(8-10-23(18)29-12-2-3-13-29)27-26(30)19-4-6-20(7-5-19)28-35(31,32)22-9-11-24-25(17-22)34-15-14-33-24/h4-11,16-17,28H,2-3,12-15H2,1H3,(H,27,30). The molecule has 0 bridgehead atoms. The fourth-order valence-corrected chi connectivity index (χ4v) is 5.42. The van der Waals surface area contributed by atoms with Crippen molar-refractivity contribution in [1.82, 2.24) is 0 Å². The number of hydrogen-bond acceptors (Lipinski definition) is 6. The number of hydrogen-bond donors (Lipinski definition) is 2. The van der Waals surface area contributed by atoms with Crippen molar-refractivity contribution in [3.8, 4) is 11.5 Å². The zero-order valence-corrected chi connectivity index (χ0v) is 20.2. The van der Waals surface area contributed by atoms with Crippen molar-refractivity contribution in [3.63, 3.8) is 0 Å². The van der Waals surface area contributed by atoms with Crippen LogP contribution in [0.4, 0.5) is 17.1 Å². The molecule has 9 heteroatoms. The summed E-state index contributed by atoms with van der Waals surface area (Å²) in [6, 6.07) is 16.7. The Hall–Kier alpha value is -3.72. The number of anilines is 3. The first kappa shape index (κ1) is 23.0. The topological polar surface area (TPSA) is 97.0 Å². The molecule has 5 rings (SSSR count). The number of nitrogens with zero attached hydrogens (tertiary/aromatic N) is 1. The summed E-state index contributed by atoms with van der Waals surface area (Å²) in [5, 5.41) is 2.92. The molecule has 1 amide bonds. The van der Waals surface area contributed by atoms with Crippen molar-refractivity contribution in [2.24, 2.45) is 0 Å². The first-order valence-corrected chi connectivity index (χ1v) is 13.1. The summed E-state index contributed by atoms with van der Waals surface area (Å²) >= 11 is 0. The van der Waals surface area contributed by atoms with Gasteiger partial charge in [-0.3, -0.25) is 9.52 Å². The third-order valence-electron chi connectivity index (χ3n) is 6.12. The lowest BCUT2D eigenvalue weighted by Crippen LogP contribution is -2.19. The number of carbonyl (C=O) groups is 1. The van der Waals surface area contributed by atoms with Gasteiger partial charge in [-0.1, -0.05) is 0 Å². The van der Waals surface area contributed by atoms with Crippen molar-refractivity contribution in [1.29, 1.82) is 0 Å². The molecule has 2 aliphatic rings. The van der Waals surface area contributed by atoms with Gasteiger partial charge in [-0.2, -0.15) is 0 Å². The highest BCUT2D eigenvalue weighted by Gasteiger charge is 2.20. The highest BCUT2D eigenvalue weighted by molar-refractivity contribution is 7.92. The van der Waals surface area contributed by atoms with Crippen LogP contribution in [0.15, 0.2) is 65.6 Å². The molecule has 0 atom stereocenters. The van der Waals surface area contributed by atoms with Gasteiger partial charge in [0.05, 0.1) is 4.90 Å². The lowest BCUT2D eigenvalue weighted by molar-refractivity contribution is 0.102. The predicted molar refractivity (Wildman–Crippen MR) is 135 cm³/mol. The van der Waals surface area contributed by atoms with Crippen LogP contribution in [0.25, 0.3) is 0 Å². The summed E-state index contributed by atoms with van der Waals surface area (Å²) in [5.74, 6) is 0.654. The summed E-state index contributed by atoms with van der Waals surface area (Å²) in [5.41, 5.74) is 3.82. The zero-order chi connectivity index (χ0) is 24.4. The summed E-state index contributed by atoms with van der Waals surface area (Å²) in [6.45, 7) is 4.98. The van der Waals surface area contributed by atoms with Crippen LogP contribution in [0.2, 0.25) is 0 Å². The van der Waals surface area contributed by atoms with E-state index in [-0.39, 0.29) is 10.8 Å². The summed E-state index contributed by atoms with van der Waals surface area (Å²) in [4.78, 5) is 15.2. The van der Waals surface area contributed by atoms with Crippen molar-refractivity contribution >= 4 is 33.0 Å². The third kappa shape index (κ3) is 5.05. The number of fused-ring (bicyclic) bond motifs is 1. The van der Waals surface area contributed by atoms with E-state index >= 15 is 0 Å². The number of rotatable bonds is 6. The van der Waals surface area contributed by atoms with Gasteiger partial charge in [-0.15, -0.1) is 0 Å². The van der Waals surface area contributed by atoms with Crippen molar-refractivity contribution in [3.05, 3.63) is 71.8 Å². The van der Waals surface area contributed by atoms with Crippen molar-refractivity contribution in [2.75, 3.05) is 41.2 Å². The maximum absolute atomic E-state index is 12.8. The first-order chi connectivity index (χ1) is 16.9. The van der Waals surface area contributed by atoms with E-state index in [1.54, 1.807) is 30.3 Å². The molecule has 0 radical (unpaired) electrons. The summed E-state index contributed by atoms with van der Waals surface area (Å²) in [6.07, 6.45) is 2.42. The van der Waals surface area contributed by atoms with Crippen LogP contribution >= 0.6 is 0 Å². The molecule has 0 aromatic heterocycles. The van der Waals surface area contributed by atoms with E-state index in [0.717, 1.165) is 24.3 Å². The highest BCUT2D eigenvalue weighted by atomic mass is 32.2. The van der Waals surface area contributed by atoms with Gasteiger partial charge in [0.25, 0.3) is 15.9 Å². The quantitative estimate of drug-likeness (QED) is 0.528. The average Bonchev–Trinajstić information content (AvgIpc) is 3.39. The van der Waals surface area contributed by atoms with E-state index in [1.807, 2.05) is 25.1 Å². The molecule has 182 valence electrons. The predicted octanol–water partition coefficient (Wildman–Crippen LogP) is 4.42. The minimum Gasteiger partial charge on any atom is -0.486 e. The summed E-state index contributed by atoms with van der Waals surface area (Å²) < 4.78 is 39.1. The van der Waals surface area contributed by atoms with Crippen LogP contribution < -0.4 is 24.4 Å². The molecule has 8 nitrogen and oxygen atoms in total. The van der Waals surface area contributed by atoms with Crippen molar-refractivity contribution in [2.45, 2.75) is 24.7 Å². The van der Waals surface area contributed by atoms with Crippen LogP contribution in [0, 0.1) is 6.92 Å². The van der Waals surface area contributed by atoms with Gasteiger partial charge >= 0.3 is 0 Å². The molecule has 0 spiro atoms. The SMILES string of the molecule is Cc1cc(NC(=O)c2ccc(NS(=O)(=O)c3ccc4c(c3)OCCO4)cc2)ccc1N1CCCC1. The molecule has 3 aromatic carbocycles. The number of benzene rings is 3. The Balaban J connectivity index is 1.24. The highest BCUT2D eigenvalue weighted by Crippen LogP contribution is 2.33. The second kappa shape index (κ2) is 9.50. The summed E-state index contributed by atoms with van der Waals surface area (Å²) in [7, 11) is -3.83. The largest absolute Gasteiger partial charge is 0.486 e. The van der Waals surface area contributed by atoms with E-state index in [0.29, 0.717) is 36.0 Å². The van der Waals surface area contributed by atoms with Crippen LogP contribution in [0.5, 0.6) is 11.5 Å². The molecule has 0 saturated carbocycles. The Labute approximate surface area is 204 Å². The van der Waals surface area contributed by atoms with Gasteiger partial charge in [-0.05, 0) is 79.9 Å². The van der Waals surface area contributed by atoms with E-state index in [9.17, 15) is 13.2 Å². The monoisotopic (exact) mass is 493 g/mol. The van der Waals surface area contributed by atoms with Gasteiger partial charge in [0.2, 0.25) is 0 Å². The second-order valence-corrected chi connectivity index (χ2v) is 10.3.